The maximum Gasteiger partial charge on any atom is 0.242 e. The van der Waals surface area contributed by atoms with Crippen LogP contribution in [-0.2, 0) is 14.8 Å². The van der Waals surface area contributed by atoms with E-state index < -0.39 is 21.7 Å². The highest BCUT2D eigenvalue weighted by Gasteiger charge is 2.20. The van der Waals surface area contributed by atoms with Gasteiger partial charge in [0.05, 0.1) is 4.90 Å². The first-order chi connectivity index (χ1) is 14.3. The SMILES string of the molecule is CN(CCCC(=O)Nc1ccc(-n2cncn2)c(F)c1)S(=O)(=O)c1ccc(F)cc1. The lowest BCUT2D eigenvalue weighted by Crippen LogP contribution is -2.28. The molecule has 0 atom stereocenters. The summed E-state index contributed by atoms with van der Waals surface area (Å²) in [6.07, 6.45) is 2.92. The zero-order chi connectivity index (χ0) is 21.7. The molecule has 3 aromatic rings. The summed E-state index contributed by atoms with van der Waals surface area (Å²) in [7, 11) is -2.39. The van der Waals surface area contributed by atoms with Crippen molar-refractivity contribution in [3.8, 4) is 5.69 Å². The van der Waals surface area contributed by atoms with Crippen molar-refractivity contribution < 1.29 is 22.0 Å². The molecule has 0 spiro atoms. The molecule has 158 valence electrons. The number of anilines is 1. The number of rotatable bonds is 8. The Morgan fingerprint density at radius 2 is 1.90 bits per heavy atom. The molecule has 0 saturated heterocycles. The van der Waals surface area contributed by atoms with Gasteiger partial charge in [0.25, 0.3) is 0 Å². The van der Waals surface area contributed by atoms with Crippen LogP contribution in [0, 0.1) is 11.6 Å². The zero-order valence-electron chi connectivity index (χ0n) is 16.0. The molecule has 1 heterocycles. The van der Waals surface area contributed by atoms with E-state index in [9.17, 15) is 22.0 Å². The second kappa shape index (κ2) is 9.09. The molecule has 0 aliphatic carbocycles. The van der Waals surface area contributed by atoms with Crippen LogP contribution in [0.2, 0.25) is 0 Å². The summed E-state index contributed by atoms with van der Waals surface area (Å²) < 4.78 is 54.4. The lowest BCUT2D eigenvalue weighted by Gasteiger charge is -2.17. The van der Waals surface area contributed by atoms with Crippen LogP contribution in [0.4, 0.5) is 14.5 Å². The number of carbonyl (C=O) groups excluding carboxylic acids is 1. The van der Waals surface area contributed by atoms with E-state index in [1.165, 1.54) is 54.7 Å². The van der Waals surface area contributed by atoms with Gasteiger partial charge in [0, 0.05) is 25.7 Å². The molecular formula is C19H19F2N5O3S. The molecule has 0 radical (unpaired) electrons. The Morgan fingerprint density at radius 1 is 1.17 bits per heavy atom. The molecule has 0 saturated carbocycles. The van der Waals surface area contributed by atoms with Crippen LogP contribution in [0.25, 0.3) is 5.69 Å². The van der Waals surface area contributed by atoms with Crippen molar-refractivity contribution in [1.82, 2.24) is 19.1 Å². The minimum Gasteiger partial charge on any atom is -0.326 e. The maximum atomic E-state index is 14.2. The first kappa shape index (κ1) is 21.5. The Kier molecular flexibility index (Phi) is 6.53. The Hall–Kier alpha value is -3.18. The summed E-state index contributed by atoms with van der Waals surface area (Å²) >= 11 is 0. The number of amides is 1. The molecule has 0 aliphatic rings. The number of benzene rings is 2. The largest absolute Gasteiger partial charge is 0.326 e. The highest BCUT2D eigenvalue weighted by molar-refractivity contribution is 7.89. The average Bonchev–Trinajstić information content (AvgIpc) is 3.22. The molecule has 1 aromatic heterocycles. The number of aromatic nitrogens is 3. The summed E-state index contributed by atoms with van der Waals surface area (Å²) in [6.45, 7) is 0.0900. The second-order valence-corrected chi connectivity index (χ2v) is 8.48. The van der Waals surface area contributed by atoms with Crippen LogP contribution in [0.3, 0.4) is 0 Å². The third-order valence-corrected chi connectivity index (χ3v) is 6.17. The average molecular weight is 435 g/mol. The van der Waals surface area contributed by atoms with Gasteiger partial charge >= 0.3 is 0 Å². The minimum absolute atomic E-state index is 0.0289. The lowest BCUT2D eigenvalue weighted by atomic mass is 10.2. The van der Waals surface area contributed by atoms with E-state index in [2.05, 4.69) is 15.4 Å². The Bertz CT molecular complexity index is 1120. The first-order valence-electron chi connectivity index (χ1n) is 8.93. The molecule has 8 nitrogen and oxygen atoms in total. The van der Waals surface area contributed by atoms with Gasteiger partial charge in [-0.1, -0.05) is 0 Å². The fraction of sp³-hybridized carbons (Fsp3) is 0.211. The van der Waals surface area contributed by atoms with Crippen LogP contribution in [-0.4, -0.2) is 47.0 Å². The highest BCUT2D eigenvalue weighted by Crippen LogP contribution is 2.18. The predicted molar refractivity (Wildman–Crippen MR) is 105 cm³/mol. The summed E-state index contributed by atoms with van der Waals surface area (Å²) in [5, 5.41) is 6.42. The predicted octanol–water partition coefficient (Wildman–Crippen LogP) is 2.58. The van der Waals surface area contributed by atoms with E-state index in [0.717, 1.165) is 16.4 Å². The molecule has 0 fully saturated rings. The van der Waals surface area contributed by atoms with Crippen molar-refractivity contribution in [2.45, 2.75) is 17.7 Å². The van der Waals surface area contributed by atoms with E-state index in [-0.39, 0.29) is 41.6 Å². The normalized spacial score (nSPS) is 11.6. The van der Waals surface area contributed by atoms with Crippen LogP contribution in [0.5, 0.6) is 0 Å². The third-order valence-electron chi connectivity index (χ3n) is 4.30. The number of sulfonamides is 1. The van der Waals surface area contributed by atoms with Crippen LogP contribution < -0.4 is 5.32 Å². The zero-order valence-corrected chi connectivity index (χ0v) is 16.8. The third kappa shape index (κ3) is 5.05. The van der Waals surface area contributed by atoms with E-state index in [1.54, 1.807) is 0 Å². The summed E-state index contributed by atoms with van der Waals surface area (Å²) in [5.41, 5.74) is 0.465. The first-order valence-corrected chi connectivity index (χ1v) is 10.4. The smallest absolute Gasteiger partial charge is 0.242 e. The van der Waals surface area contributed by atoms with Crippen molar-refractivity contribution in [1.29, 1.82) is 0 Å². The molecule has 0 unspecified atom stereocenters. The number of halogens is 2. The van der Waals surface area contributed by atoms with Gasteiger partial charge in [-0.3, -0.25) is 4.79 Å². The van der Waals surface area contributed by atoms with Gasteiger partial charge in [0.1, 0.15) is 24.2 Å². The highest BCUT2D eigenvalue weighted by atomic mass is 32.2. The molecular weight excluding hydrogens is 416 g/mol. The number of nitrogens with one attached hydrogen (secondary N) is 1. The lowest BCUT2D eigenvalue weighted by molar-refractivity contribution is -0.116. The number of carbonyl (C=O) groups is 1. The summed E-state index contributed by atoms with van der Waals surface area (Å²) in [4.78, 5) is 15.8. The van der Waals surface area contributed by atoms with Gasteiger partial charge in [-0.25, -0.2) is 31.2 Å². The van der Waals surface area contributed by atoms with Gasteiger partial charge in [0.15, 0.2) is 5.82 Å². The molecule has 30 heavy (non-hydrogen) atoms. The fourth-order valence-electron chi connectivity index (χ4n) is 2.70. The van der Waals surface area contributed by atoms with Crippen molar-refractivity contribution in [2.75, 3.05) is 18.9 Å². The van der Waals surface area contributed by atoms with Gasteiger partial charge in [-0.2, -0.15) is 5.10 Å². The van der Waals surface area contributed by atoms with Gasteiger partial charge in [-0.15, -0.1) is 0 Å². The van der Waals surface area contributed by atoms with Crippen molar-refractivity contribution >= 4 is 21.6 Å². The van der Waals surface area contributed by atoms with E-state index in [0.29, 0.717) is 0 Å². The van der Waals surface area contributed by atoms with Crippen molar-refractivity contribution in [3.63, 3.8) is 0 Å². The molecule has 3 rings (SSSR count). The Morgan fingerprint density at radius 3 is 2.53 bits per heavy atom. The van der Waals surface area contributed by atoms with E-state index in [4.69, 9.17) is 0 Å². The van der Waals surface area contributed by atoms with Gasteiger partial charge in [0.2, 0.25) is 15.9 Å². The van der Waals surface area contributed by atoms with E-state index >= 15 is 0 Å². The Balaban J connectivity index is 1.52. The van der Waals surface area contributed by atoms with Gasteiger partial charge < -0.3 is 5.32 Å². The second-order valence-electron chi connectivity index (χ2n) is 6.44. The summed E-state index contributed by atoms with van der Waals surface area (Å²) in [6, 6.07) is 8.67. The maximum absolute atomic E-state index is 14.2. The molecule has 2 aromatic carbocycles. The monoisotopic (exact) mass is 435 g/mol. The molecule has 1 N–H and O–H groups in total. The van der Waals surface area contributed by atoms with Crippen LogP contribution in [0.15, 0.2) is 60.0 Å². The molecule has 1 amide bonds. The quantitative estimate of drug-likeness (QED) is 0.587. The molecule has 0 bridgehead atoms. The van der Waals surface area contributed by atoms with E-state index in [1.807, 2.05) is 0 Å². The fourth-order valence-corrected chi connectivity index (χ4v) is 3.90. The molecule has 0 aliphatic heterocycles. The molecule has 11 heteroatoms. The van der Waals surface area contributed by atoms with Gasteiger partial charge in [-0.05, 0) is 48.9 Å². The van der Waals surface area contributed by atoms with Crippen molar-refractivity contribution in [3.05, 3.63) is 66.8 Å². The number of nitrogens with zero attached hydrogens (tertiary/aromatic N) is 4. The topological polar surface area (TPSA) is 97.2 Å². The number of hydrogen-bond acceptors (Lipinski definition) is 5. The van der Waals surface area contributed by atoms with Crippen molar-refractivity contribution in [2.24, 2.45) is 0 Å². The summed E-state index contributed by atoms with van der Waals surface area (Å²) in [5.74, 6) is -1.49. The van der Waals surface area contributed by atoms with Crippen LogP contribution in [0.1, 0.15) is 12.8 Å². The Labute approximate surface area is 172 Å². The van der Waals surface area contributed by atoms with Crippen LogP contribution >= 0.6 is 0 Å². The number of hydrogen-bond donors (Lipinski definition) is 1. The standard InChI is InChI=1S/C19H19F2N5O3S/c1-25(30(28,29)16-7-4-14(20)5-8-16)10-2-3-19(27)24-15-6-9-18(17(21)11-15)26-13-22-12-23-26/h4-9,11-13H,2-3,10H2,1H3,(H,24,27). The minimum atomic E-state index is -3.77.